The maximum absolute atomic E-state index is 9.72. The summed E-state index contributed by atoms with van der Waals surface area (Å²) in [7, 11) is 0. The molecule has 0 saturated heterocycles. The van der Waals surface area contributed by atoms with Gasteiger partial charge < -0.3 is 27.6 Å². The van der Waals surface area contributed by atoms with E-state index in [4.69, 9.17) is 15.3 Å². The van der Waals surface area contributed by atoms with Gasteiger partial charge in [-0.05, 0) is 0 Å². The molecular formula is C4H12N2O5Zn. The summed E-state index contributed by atoms with van der Waals surface area (Å²) in [4.78, 5) is 19.4. The van der Waals surface area contributed by atoms with Gasteiger partial charge in [0.2, 0.25) is 0 Å². The third kappa shape index (κ3) is 12.2. The molecule has 0 aromatic rings. The van der Waals surface area contributed by atoms with Gasteiger partial charge >= 0.3 is 11.9 Å². The molecule has 70 valence electrons. The molecule has 0 rings (SSSR count). The van der Waals surface area contributed by atoms with Gasteiger partial charge in [0.05, 0.1) is 6.42 Å². The first kappa shape index (κ1) is 22.5. The fourth-order valence-electron chi connectivity index (χ4n) is 0.253. The number of hydrogen-bond acceptors (Lipinski definition) is 5. The average Bonchev–Trinajstić information content (AvgIpc) is 1.63. The van der Waals surface area contributed by atoms with Crippen LogP contribution in [-0.2, 0) is 29.1 Å². The third-order valence-corrected chi connectivity index (χ3v) is 0.653. The zero-order valence-corrected chi connectivity index (χ0v) is 9.53. The quantitative estimate of drug-likeness (QED) is 0.399. The summed E-state index contributed by atoms with van der Waals surface area (Å²) in [5.41, 5.74) is 0. The number of aliphatic carboxylic acids is 2. The van der Waals surface area contributed by atoms with E-state index in [0.29, 0.717) is 0 Å². The Balaban J connectivity index is -0.000000107. The van der Waals surface area contributed by atoms with Crippen LogP contribution in [0.15, 0.2) is 0 Å². The Morgan fingerprint density at radius 3 is 1.58 bits per heavy atom. The molecule has 0 spiro atoms. The summed E-state index contributed by atoms with van der Waals surface area (Å²) in [5.74, 6) is -2.85. The molecule has 0 aliphatic rings. The monoisotopic (exact) mass is 232 g/mol. The van der Waals surface area contributed by atoms with Crippen LogP contribution in [0.2, 0.25) is 0 Å². The van der Waals surface area contributed by atoms with E-state index in [1.165, 1.54) is 0 Å². The number of carboxylic acids is 2. The van der Waals surface area contributed by atoms with Crippen LogP contribution in [0.4, 0.5) is 0 Å². The second-order valence-electron chi connectivity index (χ2n) is 1.45. The molecule has 1 unspecified atom stereocenters. The van der Waals surface area contributed by atoms with Gasteiger partial charge in [-0.2, -0.15) is 0 Å². The van der Waals surface area contributed by atoms with Crippen molar-refractivity contribution in [3.63, 3.8) is 0 Å². The summed E-state index contributed by atoms with van der Waals surface area (Å²) in [5, 5.41) is 24.1. The molecule has 0 aliphatic heterocycles. The smallest absolute Gasteiger partial charge is 0.333 e. The van der Waals surface area contributed by atoms with Crippen LogP contribution in [0.5, 0.6) is 0 Å². The average molecular weight is 234 g/mol. The van der Waals surface area contributed by atoms with Crippen molar-refractivity contribution in [2.24, 2.45) is 0 Å². The molecule has 12 heavy (non-hydrogen) atoms. The van der Waals surface area contributed by atoms with E-state index in [-0.39, 0.29) is 31.8 Å². The third-order valence-electron chi connectivity index (χ3n) is 0.653. The Morgan fingerprint density at radius 2 is 1.50 bits per heavy atom. The zero-order valence-electron chi connectivity index (χ0n) is 6.56. The Bertz CT molecular complexity index is 141. The number of aliphatic hydroxyl groups excluding tert-OH is 1. The standard InChI is InChI=1S/C4H6O5.2H3N.Zn/c5-2(4(8)9)1-3(6)7;;;/h2,5H,1H2,(H,6,7)(H,8,9);2*1H3;. The minimum Gasteiger partial charge on any atom is -0.481 e. The van der Waals surface area contributed by atoms with E-state index >= 15 is 0 Å². The minimum absolute atomic E-state index is 0. The van der Waals surface area contributed by atoms with E-state index in [1.54, 1.807) is 0 Å². The van der Waals surface area contributed by atoms with Crippen LogP contribution >= 0.6 is 0 Å². The normalized spacial score (nSPS) is 9.42. The Hall–Kier alpha value is -0.557. The van der Waals surface area contributed by atoms with Gasteiger partial charge in [-0.15, -0.1) is 0 Å². The van der Waals surface area contributed by atoms with Crippen molar-refractivity contribution in [3.05, 3.63) is 0 Å². The largest absolute Gasteiger partial charge is 0.481 e. The Morgan fingerprint density at radius 1 is 1.17 bits per heavy atom. The summed E-state index contributed by atoms with van der Waals surface area (Å²) < 4.78 is 0. The zero-order chi connectivity index (χ0) is 7.44. The van der Waals surface area contributed by atoms with Gasteiger partial charge in [0.15, 0.2) is 6.10 Å². The molecule has 1 atom stereocenters. The maximum atomic E-state index is 9.72. The maximum Gasteiger partial charge on any atom is 0.333 e. The van der Waals surface area contributed by atoms with Crippen molar-refractivity contribution in [1.82, 2.24) is 12.3 Å². The van der Waals surface area contributed by atoms with Crippen molar-refractivity contribution >= 4 is 11.9 Å². The number of aliphatic hydroxyl groups is 1. The van der Waals surface area contributed by atoms with Crippen LogP contribution in [-0.4, -0.2) is 33.4 Å². The van der Waals surface area contributed by atoms with E-state index in [2.05, 4.69) is 0 Å². The summed E-state index contributed by atoms with van der Waals surface area (Å²) in [6, 6.07) is 0. The van der Waals surface area contributed by atoms with E-state index < -0.39 is 24.5 Å². The van der Waals surface area contributed by atoms with Crippen molar-refractivity contribution in [1.29, 1.82) is 0 Å². The van der Waals surface area contributed by atoms with Crippen molar-refractivity contribution in [2.75, 3.05) is 0 Å². The Kier molecular flexibility index (Phi) is 19.6. The topological polar surface area (TPSA) is 165 Å². The van der Waals surface area contributed by atoms with Crippen LogP contribution in [0.25, 0.3) is 0 Å². The molecule has 0 fully saturated rings. The number of carboxylic acid groups (broad SMARTS) is 2. The minimum atomic E-state index is -1.79. The van der Waals surface area contributed by atoms with Crippen LogP contribution in [0.3, 0.4) is 0 Å². The molecule has 8 heteroatoms. The molecule has 0 bridgehead atoms. The van der Waals surface area contributed by atoms with Gasteiger partial charge in [0.25, 0.3) is 0 Å². The van der Waals surface area contributed by atoms with Crippen LogP contribution in [0.1, 0.15) is 6.42 Å². The second-order valence-corrected chi connectivity index (χ2v) is 1.45. The Labute approximate surface area is 81.7 Å². The van der Waals surface area contributed by atoms with Gasteiger partial charge in [-0.3, -0.25) is 4.79 Å². The van der Waals surface area contributed by atoms with E-state index in [1.807, 2.05) is 0 Å². The van der Waals surface area contributed by atoms with Gasteiger partial charge in [0, 0.05) is 19.5 Å². The van der Waals surface area contributed by atoms with Crippen molar-refractivity contribution < 1.29 is 44.4 Å². The molecule has 0 aromatic carbocycles. The predicted octanol–water partition coefficient (Wildman–Crippen LogP) is -0.772. The van der Waals surface area contributed by atoms with E-state index in [0.717, 1.165) is 0 Å². The molecule has 9 N–H and O–H groups in total. The second kappa shape index (κ2) is 10.4. The SMILES string of the molecule is N.N.O=C(O)CC(O)C(=O)O.[Zn]. The molecule has 7 nitrogen and oxygen atoms in total. The van der Waals surface area contributed by atoms with Crippen molar-refractivity contribution in [2.45, 2.75) is 12.5 Å². The fourth-order valence-corrected chi connectivity index (χ4v) is 0.253. The van der Waals surface area contributed by atoms with Crippen molar-refractivity contribution in [3.8, 4) is 0 Å². The molecule has 0 heterocycles. The number of carbonyl (C=O) groups is 2. The number of rotatable bonds is 3. The van der Waals surface area contributed by atoms with E-state index in [9.17, 15) is 9.59 Å². The predicted molar refractivity (Wildman–Crippen MR) is 35.9 cm³/mol. The first-order valence-electron chi connectivity index (χ1n) is 2.16. The van der Waals surface area contributed by atoms with Gasteiger partial charge in [0.1, 0.15) is 0 Å². The van der Waals surface area contributed by atoms with Crippen LogP contribution in [0, 0.1) is 0 Å². The summed E-state index contributed by atoms with van der Waals surface area (Å²) in [6.45, 7) is 0. The first-order chi connectivity index (χ1) is 4.04. The summed E-state index contributed by atoms with van der Waals surface area (Å²) in [6.07, 6.45) is -2.54. The molecule has 0 aliphatic carbocycles. The molecular weight excluding hydrogens is 221 g/mol. The van der Waals surface area contributed by atoms with Gasteiger partial charge in [-0.25, -0.2) is 4.79 Å². The van der Waals surface area contributed by atoms with Gasteiger partial charge in [-0.1, -0.05) is 0 Å². The number of hydrogen-bond donors (Lipinski definition) is 5. The fraction of sp³-hybridized carbons (Fsp3) is 0.500. The molecule has 0 amide bonds. The van der Waals surface area contributed by atoms with Crippen LogP contribution < -0.4 is 12.3 Å². The molecule has 0 aromatic heterocycles. The first-order valence-corrected chi connectivity index (χ1v) is 2.16. The summed E-state index contributed by atoms with van der Waals surface area (Å²) >= 11 is 0. The molecule has 0 radical (unpaired) electrons. The molecule has 0 saturated carbocycles.